The lowest BCUT2D eigenvalue weighted by Gasteiger charge is -2.08. The van der Waals surface area contributed by atoms with Gasteiger partial charge in [-0.2, -0.15) is 0 Å². The van der Waals surface area contributed by atoms with Crippen molar-refractivity contribution in [1.29, 1.82) is 0 Å². The second kappa shape index (κ2) is 6.43. The van der Waals surface area contributed by atoms with Gasteiger partial charge in [-0.05, 0) is 30.5 Å². The molecule has 1 saturated carbocycles. The van der Waals surface area contributed by atoms with E-state index < -0.39 is 0 Å². The maximum Gasteiger partial charge on any atom is 0.315 e. The Morgan fingerprint density at radius 1 is 1.38 bits per heavy atom. The molecule has 4 rings (SSSR count). The van der Waals surface area contributed by atoms with Crippen LogP contribution in [0.15, 0.2) is 24.3 Å². The molecule has 2 aliphatic rings. The molecule has 2 N–H and O–H groups in total. The van der Waals surface area contributed by atoms with E-state index in [1.54, 1.807) is 0 Å². The minimum Gasteiger partial charge on any atom is -0.338 e. The molecule has 7 heteroatoms. The number of urea groups is 1. The Kier molecular flexibility index (Phi) is 4.14. The summed E-state index contributed by atoms with van der Waals surface area (Å²) in [5.41, 5.74) is 1.19. The third-order valence-corrected chi connectivity index (χ3v) is 4.94. The number of rotatable bonds is 5. The minimum absolute atomic E-state index is 0.120. The van der Waals surface area contributed by atoms with E-state index in [0.717, 1.165) is 42.5 Å². The molecule has 0 radical (unpaired) electrons. The molecule has 2 heterocycles. The van der Waals surface area contributed by atoms with E-state index in [1.165, 1.54) is 5.56 Å². The average molecular weight is 346 g/mol. The van der Waals surface area contributed by atoms with Crippen molar-refractivity contribution in [3.8, 4) is 0 Å². The van der Waals surface area contributed by atoms with E-state index in [-0.39, 0.29) is 12.1 Å². The zero-order valence-corrected chi connectivity index (χ0v) is 14.1. The number of nitrogens with zero attached hydrogens (tertiary/aromatic N) is 3. The van der Waals surface area contributed by atoms with Crippen molar-refractivity contribution in [3.63, 3.8) is 0 Å². The van der Waals surface area contributed by atoms with Crippen molar-refractivity contribution in [2.24, 2.45) is 0 Å². The predicted octanol–water partition coefficient (Wildman–Crippen LogP) is 2.28. The third-order valence-electron chi connectivity index (χ3n) is 4.70. The average Bonchev–Trinajstić information content (AvgIpc) is 2.99. The van der Waals surface area contributed by atoms with Gasteiger partial charge in [-0.15, -0.1) is 10.2 Å². The Labute approximate surface area is 145 Å². The molecule has 0 spiro atoms. The van der Waals surface area contributed by atoms with Crippen LogP contribution in [0.5, 0.6) is 0 Å². The molecule has 1 aromatic heterocycles. The quantitative estimate of drug-likeness (QED) is 0.873. The van der Waals surface area contributed by atoms with Crippen molar-refractivity contribution in [2.75, 3.05) is 6.54 Å². The highest BCUT2D eigenvalue weighted by Gasteiger charge is 2.39. The van der Waals surface area contributed by atoms with Crippen molar-refractivity contribution in [3.05, 3.63) is 46.5 Å². The third kappa shape index (κ3) is 3.24. The molecule has 1 fully saturated rings. The number of amides is 2. The van der Waals surface area contributed by atoms with Gasteiger partial charge in [-0.3, -0.25) is 0 Å². The van der Waals surface area contributed by atoms with Crippen LogP contribution in [0, 0.1) is 0 Å². The Balaban J connectivity index is 1.22. The molecule has 1 aliphatic heterocycles. The number of nitrogens with one attached hydrogen (secondary N) is 2. The zero-order valence-electron chi connectivity index (χ0n) is 13.3. The summed E-state index contributed by atoms with van der Waals surface area (Å²) in [6.07, 6.45) is 3.82. The van der Waals surface area contributed by atoms with Gasteiger partial charge in [0.05, 0.1) is 0 Å². The fraction of sp³-hybridized carbons (Fsp3) is 0.471. The first-order valence-corrected chi connectivity index (χ1v) is 8.79. The van der Waals surface area contributed by atoms with Crippen molar-refractivity contribution < 1.29 is 4.79 Å². The summed E-state index contributed by atoms with van der Waals surface area (Å²) in [5, 5.41) is 15.0. The highest BCUT2D eigenvalue weighted by molar-refractivity contribution is 6.30. The lowest BCUT2D eigenvalue weighted by atomic mass is 10.1. The number of aryl methyl sites for hydroxylation is 1. The summed E-state index contributed by atoms with van der Waals surface area (Å²) in [4.78, 5) is 12.0. The molecule has 0 unspecified atom stereocenters. The predicted molar refractivity (Wildman–Crippen MR) is 91.2 cm³/mol. The standard InChI is InChI=1S/C17H20ClN5O/c18-12-4-1-3-11(9-12)13-10-14(13)20-17(24)19-7-6-16-22-21-15-5-2-8-23(15)16/h1,3-4,9,13-14H,2,5-8,10H2,(H2,19,20,24)/t13-,14+/m1/s1. The Morgan fingerprint density at radius 3 is 3.17 bits per heavy atom. The second-order valence-electron chi connectivity index (χ2n) is 6.44. The van der Waals surface area contributed by atoms with Crippen molar-refractivity contribution in [1.82, 2.24) is 25.4 Å². The Morgan fingerprint density at radius 2 is 2.29 bits per heavy atom. The molecule has 2 atom stereocenters. The zero-order chi connectivity index (χ0) is 16.5. The van der Waals surface area contributed by atoms with E-state index in [4.69, 9.17) is 11.6 Å². The van der Waals surface area contributed by atoms with Crippen molar-refractivity contribution in [2.45, 2.75) is 44.2 Å². The highest BCUT2D eigenvalue weighted by atomic mass is 35.5. The van der Waals surface area contributed by atoms with Gasteiger partial charge in [0, 0.05) is 42.9 Å². The van der Waals surface area contributed by atoms with E-state index >= 15 is 0 Å². The molecule has 6 nitrogen and oxygen atoms in total. The largest absolute Gasteiger partial charge is 0.338 e. The molecular weight excluding hydrogens is 326 g/mol. The SMILES string of the molecule is O=C(NCCc1nnc2n1CCC2)N[C@H]1C[C@@H]1c1cccc(Cl)c1. The fourth-order valence-electron chi connectivity index (χ4n) is 3.36. The first-order valence-electron chi connectivity index (χ1n) is 8.41. The number of halogens is 1. The summed E-state index contributed by atoms with van der Waals surface area (Å²) in [5.74, 6) is 2.40. The van der Waals surface area contributed by atoms with Crippen LogP contribution in [0.25, 0.3) is 0 Å². The van der Waals surface area contributed by atoms with Crippen LogP contribution in [0.3, 0.4) is 0 Å². The van der Waals surface area contributed by atoms with Crippen LogP contribution in [0.4, 0.5) is 4.79 Å². The molecule has 126 valence electrons. The van der Waals surface area contributed by atoms with Crippen LogP contribution in [0.2, 0.25) is 5.02 Å². The van der Waals surface area contributed by atoms with E-state index in [0.29, 0.717) is 18.9 Å². The number of aromatic nitrogens is 3. The normalized spacial score (nSPS) is 21.4. The maximum atomic E-state index is 12.0. The number of carbonyl (C=O) groups is 1. The molecule has 1 aromatic carbocycles. The van der Waals surface area contributed by atoms with Gasteiger partial charge in [0.2, 0.25) is 0 Å². The van der Waals surface area contributed by atoms with Crippen LogP contribution in [-0.4, -0.2) is 33.4 Å². The number of fused-ring (bicyclic) bond motifs is 1. The maximum absolute atomic E-state index is 12.0. The monoisotopic (exact) mass is 345 g/mol. The summed E-state index contributed by atoms with van der Waals surface area (Å²) in [7, 11) is 0. The first kappa shape index (κ1) is 15.4. The Bertz CT molecular complexity index is 759. The lowest BCUT2D eigenvalue weighted by molar-refractivity contribution is 0.240. The number of carbonyl (C=O) groups excluding carboxylic acids is 1. The van der Waals surface area contributed by atoms with Gasteiger partial charge in [-0.25, -0.2) is 4.79 Å². The topological polar surface area (TPSA) is 71.8 Å². The van der Waals surface area contributed by atoms with E-state index in [1.807, 2.05) is 18.2 Å². The van der Waals surface area contributed by atoms with E-state index in [2.05, 4.69) is 31.5 Å². The summed E-state index contributed by atoms with van der Waals surface area (Å²) >= 11 is 6.02. The van der Waals surface area contributed by atoms with Crippen molar-refractivity contribution >= 4 is 17.6 Å². The molecule has 0 bridgehead atoms. The number of hydrogen-bond acceptors (Lipinski definition) is 3. The molecule has 2 amide bonds. The lowest BCUT2D eigenvalue weighted by Crippen LogP contribution is -2.38. The molecular formula is C17H20ClN5O. The smallest absolute Gasteiger partial charge is 0.315 e. The second-order valence-corrected chi connectivity index (χ2v) is 6.88. The van der Waals surface area contributed by atoms with E-state index in [9.17, 15) is 4.79 Å². The molecule has 0 saturated heterocycles. The van der Waals surface area contributed by atoms with Gasteiger partial charge < -0.3 is 15.2 Å². The van der Waals surface area contributed by atoms with Crippen LogP contribution < -0.4 is 10.6 Å². The van der Waals surface area contributed by atoms with Gasteiger partial charge >= 0.3 is 6.03 Å². The fourth-order valence-corrected chi connectivity index (χ4v) is 3.56. The number of benzene rings is 1. The van der Waals surface area contributed by atoms with Gasteiger partial charge in [0.25, 0.3) is 0 Å². The highest BCUT2D eigenvalue weighted by Crippen LogP contribution is 2.41. The summed E-state index contributed by atoms with van der Waals surface area (Å²) < 4.78 is 2.16. The summed E-state index contributed by atoms with van der Waals surface area (Å²) in [6.45, 7) is 1.56. The Hall–Kier alpha value is -2.08. The molecule has 24 heavy (non-hydrogen) atoms. The van der Waals surface area contributed by atoms with Gasteiger partial charge in [-0.1, -0.05) is 23.7 Å². The van der Waals surface area contributed by atoms with Crippen LogP contribution in [-0.2, 0) is 19.4 Å². The summed E-state index contributed by atoms with van der Waals surface area (Å²) in [6, 6.07) is 7.92. The first-order chi connectivity index (χ1) is 11.7. The van der Waals surface area contributed by atoms with Gasteiger partial charge in [0.15, 0.2) is 0 Å². The van der Waals surface area contributed by atoms with Gasteiger partial charge in [0.1, 0.15) is 11.6 Å². The molecule has 2 aromatic rings. The number of hydrogen-bond donors (Lipinski definition) is 2. The van der Waals surface area contributed by atoms with Crippen LogP contribution >= 0.6 is 11.6 Å². The minimum atomic E-state index is -0.120. The molecule has 1 aliphatic carbocycles. The van der Waals surface area contributed by atoms with Crippen LogP contribution in [0.1, 0.15) is 36.0 Å².